The molecule has 5 heteroatoms. The van der Waals surface area contributed by atoms with E-state index in [1.165, 1.54) is 0 Å². The third kappa shape index (κ3) is 3.06. The number of hydrogen-bond donors (Lipinski definition) is 2. The van der Waals surface area contributed by atoms with E-state index in [2.05, 4.69) is 15.3 Å². The minimum absolute atomic E-state index is 0.172. The third-order valence-corrected chi connectivity index (χ3v) is 3.11. The maximum atomic E-state index is 5.33. The normalized spacial score (nSPS) is 12.2. The summed E-state index contributed by atoms with van der Waals surface area (Å²) in [5, 5.41) is 3.29. The molecule has 0 saturated carbocycles. The summed E-state index contributed by atoms with van der Waals surface area (Å²) in [7, 11) is 5.21. The van der Waals surface area contributed by atoms with Gasteiger partial charge in [0.1, 0.15) is 5.82 Å². The number of ether oxygens (including phenoxy) is 2. The molecule has 0 radical (unpaired) electrons. The Morgan fingerprint density at radius 1 is 1.26 bits per heavy atom. The largest absolute Gasteiger partial charge is 0.493 e. The first-order valence-corrected chi connectivity index (χ1v) is 6.16. The van der Waals surface area contributed by atoms with E-state index < -0.39 is 0 Å². The maximum absolute atomic E-state index is 5.33. The summed E-state index contributed by atoms with van der Waals surface area (Å²) in [6.07, 6.45) is 4.38. The van der Waals surface area contributed by atoms with Crippen molar-refractivity contribution in [2.45, 2.75) is 12.5 Å². The Labute approximate surface area is 113 Å². The van der Waals surface area contributed by atoms with Crippen LogP contribution in [-0.2, 0) is 6.42 Å². The highest BCUT2D eigenvalue weighted by Crippen LogP contribution is 2.30. The van der Waals surface area contributed by atoms with Gasteiger partial charge in [0.2, 0.25) is 0 Å². The number of likely N-dealkylation sites (N-methyl/N-ethyl adjacent to an activating group) is 1. The monoisotopic (exact) mass is 261 g/mol. The van der Waals surface area contributed by atoms with Gasteiger partial charge in [-0.15, -0.1) is 0 Å². The molecule has 0 aliphatic heterocycles. The first-order valence-electron chi connectivity index (χ1n) is 6.16. The summed E-state index contributed by atoms with van der Waals surface area (Å²) in [5.41, 5.74) is 1.14. The van der Waals surface area contributed by atoms with E-state index >= 15 is 0 Å². The summed E-state index contributed by atoms with van der Waals surface area (Å²) in [4.78, 5) is 7.37. The summed E-state index contributed by atoms with van der Waals surface area (Å²) in [6, 6.07) is 6.11. The second-order valence-electron chi connectivity index (χ2n) is 4.20. The zero-order chi connectivity index (χ0) is 13.7. The minimum atomic E-state index is 0.172. The smallest absolute Gasteiger partial charge is 0.161 e. The highest BCUT2D eigenvalue weighted by molar-refractivity contribution is 5.43. The van der Waals surface area contributed by atoms with Crippen LogP contribution in [0.15, 0.2) is 30.6 Å². The van der Waals surface area contributed by atoms with Gasteiger partial charge in [0.15, 0.2) is 11.5 Å². The molecule has 1 aromatic carbocycles. The van der Waals surface area contributed by atoms with E-state index in [0.29, 0.717) is 0 Å². The number of hydrogen-bond acceptors (Lipinski definition) is 4. The van der Waals surface area contributed by atoms with E-state index in [-0.39, 0.29) is 6.04 Å². The lowest BCUT2D eigenvalue weighted by Gasteiger charge is -2.17. The number of nitrogens with zero attached hydrogens (tertiary/aromatic N) is 1. The van der Waals surface area contributed by atoms with Crippen LogP contribution in [0.3, 0.4) is 0 Å². The predicted molar refractivity (Wildman–Crippen MR) is 73.6 cm³/mol. The Balaban J connectivity index is 2.23. The number of benzene rings is 1. The van der Waals surface area contributed by atoms with Crippen molar-refractivity contribution in [3.05, 3.63) is 42.0 Å². The van der Waals surface area contributed by atoms with Crippen LogP contribution < -0.4 is 14.8 Å². The summed E-state index contributed by atoms with van der Waals surface area (Å²) < 4.78 is 10.6. The van der Waals surface area contributed by atoms with Crippen LogP contribution in [-0.4, -0.2) is 31.2 Å². The van der Waals surface area contributed by atoms with Gasteiger partial charge in [-0.1, -0.05) is 6.07 Å². The molecule has 0 amide bonds. The first-order chi connectivity index (χ1) is 9.28. The Kier molecular flexibility index (Phi) is 4.41. The molecule has 5 nitrogen and oxygen atoms in total. The van der Waals surface area contributed by atoms with Crippen molar-refractivity contribution in [2.24, 2.45) is 0 Å². The topological polar surface area (TPSA) is 59.2 Å². The lowest BCUT2D eigenvalue weighted by Crippen LogP contribution is -2.19. The van der Waals surface area contributed by atoms with Gasteiger partial charge in [0.25, 0.3) is 0 Å². The Morgan fingerprint density at radius 2 is 2.05 bits per heavy atom. The Morgan fingerprint density at radius 3 is 2.63 bits per heavy atom. The standard InChI is InChI=1S/C14H19N3O2/c1-15-11(9-14-16-6-7-17-14)10-4-5-12(18-2)13(8-10)19-3/h4-8,11,15H,9H2,1-3H3,(H,16,17). The van der Waals surface area contributed by atoms with Gasteiger partial charge in [0.05, 0.1) is 14.2 Å². The maximum Gasteiger partial charge on any atom is 0.161 e. The molecule has 0 aliphatic carbocycles. The lowest BCUT2D eigenvalue weighted by atomic mass is 10.0. The molecule has 0 aliphatic rings. The van der Waals surface area contributed by atoms with Crippen LogP contribution in [0.5, 0.6) is 11.5 Å². The molecular weight excluding hydrogens is 242 g/mol. The average molecular weight is 261 g/mol. The van der Waals surface area contributed by atoms with Crippen molar-refractivity contribution in [3.63, 3.8) is 0 Å². The Hall–Kier alpha value is -2.01. The van der Waals surface area contributed by atoms with Gasteiger partial charge in [-0.3, -0.25) is 0 Å². The van der Waals surface area contributed by atoms with Gasteiger partial charge < -0.3 is 19.8 Å². The third-order valence-electron chi connectivity index (χ3n) is 3.11. The molecule has 1 heterocycles. The quantitative estimate of drug-likeness (QED) is 0.834. The van der Waals surface area contributed by atoms with Crippen LogP contribution in [0, 0.1) is 0 Å². The SMILES string of the molecule is CNC(Cc1ncc[nH]1)c1ccc(OC)c(OC)c1. The van der Waals surface area contributed by atoms with E-state index in [0.717, 1.165) is 29.3 Å². The number of H-pyrrole nitrogens is 1. The van der Waals surface area contributed by atoms with E-state index in [9.17, 15) is 0 Å². The zero-order valence-electron chi connectivity index (χ0n) is 11.4. The van der Waals surface area contributed by atoms with Crippen molar-refractivity contribution in [1.82, 2.24) is 15.3 Å². The molecule has 2 rings (SSSR count). The van der Waals surface area contributed by atoms with E-state index in [1.54, 1.807) is 20.4 Å². The number of aromatic amines is 1. The van der Waals surface area contributed by atoms with Crippen LogP contribution in [0.4, 0.5) is 0 Å². The fourth-order valence-corrected chi connectivity index (χ4v) is 2.06. The molecular formula is C14H19N3O2. The second-order valence-corrected chi connectivity index (χ2v) is 4.20. The van der Waals surface area contributed by atoms with Crippen molar-refractivity contribution >= 4 is 0 Å². The van der Waals surface area contributed by atoms with Crippen LogP contribution in [0.2, 0.25) is 0 Å². The molecule has 1 atom stereocenters. The van der Waals surface area contributed by atoms with Crippen molar-refractivity contribution in [2.75, 3.05) is 21.3 Å². The number of methoxy groups -OCH3 is 2. The van der Waals surface area contributed by atoms with Gasteiger partial charge in [-0.05, 0) is 24.7 Å². The van der Waals surface area contributed by atoms with Crippen LogP contribution in [0.25, 0.3) is 0 Å². The van der Waals surface area contributed by atoms with Crippen molar-refractivity contribution < 1.29 is 9.47 Å². The number of aromatic nitrogens is 2. The fraction of sp³-hybridized carbons (Fsp3) is 0.357. The average Bonchev–Trinajstić information content (AvgIpc) is 2.97. The number of nitrogens with one attached hydrogen (secondary N) is 2. The summed E-state index contributed by atoms with van der Waals surface area (Å²) >= 11 is 0. The first kappa shape index (κ1) is 13.4. The lowest BCUT2D eigenvalue weighted by molar-refractivity contribution is 0.354. The molecule has 2 aromatic rings. The molecule has 102 valence electrons. The fourth-order valence-electron chi connectivity index (χ4n) is 2.06. The zero-order valence-corrected chi connectivity index (χ0v) is 11.4. The molecule has 1 unspecified atom stereocenters. The molecule has 0 bridgehead atoms. The predicted octanol–water partition coefficient (Wildman–Crippen LogP) is 1.93. The highest BCUT2D eigenvalue weighted by Gasteiger charge is 2.14. The molecule has 0 saturated heterocycles. The molecule has 2 N–H and O–H groups in total. The van der Waals surface area contributed by atoms with Gasteiger partial charge >= 0.3 is 0 Å². The van der Waals surface area contributed by atoms with Crippen molar-refractivity contribution in [1.29, 1.82) is 0 Å². The number of rotatable bonds is 6. The van der Waals surface area contributed by atoms with Crippen LogP contribution in [0.1, 0.15) is 17.4 Å². The van der Waals surface area contributed by atoms with Gasteiger partial charge in [-0.2, -0.15) is 0 Å². The molecule has 0 spiro atoms. The summed E-state index contributed by atoms with van der Waals surface area (Å²) in [6.45, 7) is 0. The van der Waals surface area contributed by atoms with Crippen molar-refractivity contribution in [3.8, 4) is 11.5 Å². The van der Waals surface area contributed by atoms with Gasteiger partial charge in [-0.25, -0.2) is 4.98 Å². The van der Waals surface area contributed by atoms with Crippen LogP contribution >= 0.6 is 0 Å². The van der Waals surface area contributed by atoms with E-state index in [1.807, 2.05) is 31.4 Å². The molecule has 1 aromatic heterocycles. The minimum Gasteiger partial charge on any atom is -0.493 e. The molecule has 19 heavy (non-hydrogen) atoms. The van der Waals surface area contributed by atoms with Gasteiger partial charge in [0, 0.05) is 24.9 Å². The number of imidazole rings is 1. The summed E-state index contributed by atoms with van der Waals surface area (Å²) in [5.74, 6) is 2.42. The highest BCUT2D eigenvalue weighted by atomic mass is 16.5. The second kappa shape index (κ2) is 6.24. The Bertz CT molecular complexity index is 511. The molecule has 0 fully saturated rings. The van der Waals surface area contributed by atoms with E-state index in [4.69, 9.17) is 9.47 Å².